The molecule has 1 aromatic rings. The van der Waals surface area contributed by atoms with Crippen LogP contribution in [0, 0.1) is 6.92 Å². The summed E-state index contributed by atoms with van der Waals surface area (Å²) in [4.78, 5) is 5.21. The van der Waals surface area contributed by atoms with E-state index in [1.54, 1.807) is 0 Å². The topological polar surface area (TPSA) is 6.48 Å². The number of aryl methyl sites for hydroxylation is 1. The largest absolute Gasteiger partial charge is 0.301 e. The molecule has 1 fully saturated rings. The van der Waals surface area contributed by atoms with E-state index in [9.17, 15) is 0 Å². The molecule has 0 radical (unpaired) electrons. The van der Waals surface area contributed by atoms with Crippen molar-refractivity contribution in [2.75, 3.05) is 39.0 Å². The van der Waals surface area contributed by atoms with Gasteiger partial charge in [-0.1, -0.05) is 36.8 Å². The number of thioether (sulfide) groups is 1. The summed E-state index contributed by atoms with van der Waals surface area (Å²) in [6.07, 6.45) is 3.53. The quantitative estimate of drug-likeness (QED) is 0.794. The number of benzene rings is 1. The van der Waals surface area contributed by atoms with Crippen molar-refractivity contribution in [1.82, 2.24) is 9.80 Å². The van der Waals surface area contributed by atoms with Crippen LogP contribution in [-0.2, 0) is 6.54 Å². The van der Waals surface area contributed by atoms with Crippen molar-refractivity contribution in [3.05, 3.63) is 35.4 Å². The first kappa shape index (κ1) is 15.9. The van der Waals surface area contributed by atoms with E-state index in [1.165, 1.54) is 50.3 Å². The molecule has 0 amide bonds. The summed E-state index contributed by atoms with van der Waals surface area (Å²) in [6.45, 7) is 11.8. The fourth-order valence-electron chi connectivity index (χ4n) is 2.72. The number of piperazine rings is 1. The lowest BCUT2D eigenvalue weighted by Gasteiger charge is -2.35. The zero-order valence-corrected chi connectivity index (χ0v) is 14.0. The Bertz CT molecular complexity index is 400. The van der Waals surface area contributed by atoms with Crippen LogP contribution in [0.3, 0.4) is 0 Å². The Morgan fingerprint density at radius 1 is 1.15 bits per heavy atom. The van der Waals surface area contributed by atoms with Gasteiger partial charge in [0.15, 0.2) is 0 Å². The SMILES string of the molecule is CSC(C)CCN1CCN(Cc2cccc(C)c2)CC1. The molecular formula is C17H28N2S. The van der Waals surface area contributed by atoms with Crippen molar-refractivity contribution in [2.45, 2.75) is 32.1 Å². The van der Waals surface area contributed by atoms with Gasteiger partial charge < -0.3 is 4.90 Å². The van der Waals surface area contributed by atoms with Gasteiger partial charge in [-0.15, -0.1) is 0 Å². The molecule has 1 aliphatic rings. The molecule has 0 saturated carbocycles. The van der Waals surface area contributed by atoms with E-state index in [4.69, 9.17) is 0 Å². The van der Waals surface area contributed by atoms with Crippen LogP contribution in [0.4, 0.5) is 0 Å². The second-order valence-electron chi connectivity index (χ2n) is 5.94. The average molecular weight is 292 g/mol. The normalized spacial score (nSPS) is 19.1. The highest BCUT2D eigenvalue weighted by Gasteiger charge is 2.17. The maximum Gasteiger partial charge on any atom is 0.0234 e. The molecule has 1 aliphatic heterocycles. The van der Waals surface area contributed by atoms with E-state index in [2.05, 4.69) is 54.2 Å². The molecule has 2 rings (SSSR count). The highest BCUT2D eigenvalue weighted by molar-refractivity contribution is 7.99. The van der Waals surface area contributed by atoms with Crippen LogP contribution in [0.15, 0.2) is 24.3 Å². The summed E-state index contributed by atoms with van der Waals surface area (Å²) in [7, 11) is 0. The van der Waals surface area contributed by atoms with Gasteiger partial charge in [-0.3, -0.25) is 4.90 Å². The third kappa shape index (κ3) is 5.12. The minimum atomic E-state index is 0.792. The fourth-order valence-corrected chi connectivity index (χ4v) is 3.06. The van der Waals surface area contributed by atoms with Crippen molar-refractivity contribution in [3.8, 4) is 0 Å². The van der Waals surface area contributed by atoms with Crippen molar-refractivity contribution < 1.29 is 0 Å². The van der Waals surface area contributed by atoms with Crippen molar-refractivity contribution in [3.63, 3.8) is 0 Å². The van der Waals surface area contributed by atoms with Gasteiger partial charge in [-0.25, -0.2) is 0 Å². The predicted molar refractivity (Wildman–Crippen MR) is 90.5 cm³/mol. The lowest BCUT2D eigenvalue weighted by atomic mass is 10.1. The predicted octanol–water partition coefficient (Wildman–Crippen LogP) is 3.25. The third-order valence-corrected chi connectivity index (χ3v) is 5.25. The third-order valence-electron chi connectivity index (χ3n) is 4.21. The summed E-state index contributed by atoms with van der Waals surface area (Å²) in [5.41, 5.74) is 2.82. The molecule has 0 spiro atoms. The Morgan fingerprint density at radius 3 is 2.50 bits per heavy atom. The van der Waals surface area contributed by atoms with Crippen LogP contribution in [0.1, 0.15) is 24.5 Å². The molecule has 0 aliphatic carbocycles. The van der Waals surface area contributed by atoms with Gasteiger partial charge in [0.05, 0.1) is 0 Å². The van der Waals surface area contributed by atoms with Gasteiger partial charge in [0.2, 0.25) is 0 Å². The van der Waals surface area contributed by atoms with Gasteiger partial charge in [-0.2, -0.15) is 11.8 Å². The zero-order valence-electron chi connectivity index (χ0n) is 13.1. The smallest absolute Gasteiger partial charge is 0.0234 e. The molecule has 1 aromatic carbocycles. The molecular weight excluding hydrogens is 264 g/mol. The number of nitrogens with zero attached hydrogens (tertiary/aromatic N) is 2. The Morgan fingerprint density at radius 2 is 1.85 bits per heavy atom. The van der Waals surface area contributed by atoms with Crippen LogP contribution in [-0.4, -0.2) is 54.0 Å². The molecule has 20 heavy (non-hydrogen) atoms. The van der Waals surface area contributed by atoms with Gasteiger partial charge in [0, 0.05) is 38.0 Å². The summed E-state index contributed by atoms with van der Waals surface area (Å²) in [5, 5.41) is 0.792. The minimum Gasteiger partial charge on any atom is -0.301 e. The minimum absolute atomic E-state index is 0.792. The average Bonchev–Trinajstić information content (AvgIpc) is 2.46. The molecule has 0 bridgehead atoms. The van der Waals surface area contributed by atoms with Gasteiger partial charge >= 0.3 is 0 Å². The van der Waals surface area contributed by atoms with E-state index in [0.29, 0.717) is 0 Å². The van der Waals surface area contributed by atoms with Crippen molar-refractivity contribution in [2.24, 2.45) is 0 Å². The lowest BCUT2D eigenvalue weighted by Crippen LogP contribution is -2.46. The first-order chi connectivity index (χ1) is 9.67. The highest BCUT2D eigenvalue weighted by atomic mass is 32.2. The van der Waals surface area contributed by atoms with Crippen molar-refractivity contribution >= 4 is 11.8 Å². The van der Waals surface area contributed by atoms with Crippen LogP contribution >= 0.6 is 11.8 Å². The lowest BCUT2D eigenvalue weighted by molar-refractivity contribution is 0.126. The summed E-state index contributed by atoms with van der Waals surface area (Å²) in [5.74, 6) is 0. The molecule has 0 N–H and O–H groups in total. The van der Waals surface area contributed by atoms with Gasteiger partial charge in [-0.05, 0) is 31.7 Å². The van der Waals surface area contributed by atoms with Crippen LogP contribution in [0.2, 0.25) is 0 Å². The van der Waals surface area contributed by atoms with E-state index >= 15 is 0 Å². The molecule has 1 heterocycles. The molecule has 0 aromatic heterocycles. The standard InChI is InChI=1S/C17H28N2S/c1-15-5-4-6-17(13-15)14-19-11-9-18(10-12-19)8-7-16(2)20-3/h4-6,13,16H,7-12,14H2,1-3H3. The Labute approximate surface area is 128 Å². The van der Waals surface area contributed by atoms with Gasteiger partial charge in [0.25, 0.3) is 0 Å². The van der Waals surface area contributed by atoms with Crippen LogP contribution in [0.5, 0.6) is 0 Å². The van der Waals surface area contributed by atoms with Crippen molar-refractivity contribution in [1.29, 1.82) is 0 Å². The van der Waals surface area contributed by atoms with E-state index < -0.39 is 0 Å². The number of hydrogen-bond donors (Lipinski definition) is 0. The second-order valence-corrected chi connectivity index (χ2v) is 7.22. The van der Waals surface area contributed by atoms with Crippen LogP contribution in [0.25, 0.3) is 0 Å². The fraction of sp³-hybridized carbons (Fsp3) is 0.647. The Kier molecular flexibility index (Phi) is 6.40. The van der Waals surface area contributed by atoms with E-state index in [0.717, 1.165) is 11.8 Å². The van der Waals surface area contributed by atoms with Gasteiger partial charge in [0.1, 0.15) is 0 Å². The van der Waals surface area contributed by atoms with Crippen LogP contribution < -0.4 is 0 Å². The molecule has 1 atom stereocenters. The molecule has 1 saturated heterocycles. The first-order valence-electron chi connectivity index (χ1n) is 7.70. The summed E-state index contributed by atoms with van der Waals surface area (Å²) in [6, 6.07) is 8.91. The monoisotopic (exact) mass is 292 g/mol. The second kappa shape index (κ2) is 8.06. The number of rotatable bonds is 6. The van der Waals surface area contributed by atoms with E-state index in [-0.39, 0.29) is 0 Å². The molecule has 2 nitrogen and oxygen atoms in total. The highest BCUT2D eigenvalue weighted by Crippen LogP contribution is 2.13. The number of hydrogen-bond acceptors (Lipinski definition) is 3. The maximum atomic E-state index is 2.62. The molecule has 112 valence electrons. The first-order valence-corrected chi connectivity index (χ1v) is 8.99. The van der Waals surface area contributed by atoms with E-state index in [1.807, 2.05) is 11.8 Å². The molecule has 1 unspecified atom stereocenters. The summed E-state index contributed by atoms with van der Waals surface area (Å²) >= 11 is 1.98. The Hall–Kier alpha value is -0.510. The zero-order chi connectivity index (χ0) is 14.4. The molecule has 3 heteroatoms. The maximum absolute atomic E-state index is 2.62. The summed E-state index contributed by atoms with van der Waals surface area (Å²) < 4.78 is 0. The Balaban J connectivity index is 1.71.